The van der Waals surface area contributed by atoms with Gasteiger partial charge in [0.15, 0.2) is 0 Å². The first-order chi connectivity index (χ1) is 14.6. The molecule has 2 heterocycles. The lowest BCUT2D eigenvalue weighted by molar-refractivity contribution is -0.143. The topological polar surface area (TPSA) is 40.6 Å². The SMILES string of the molecule is C=CCN(CC(=O)N1CCc2sccc2[C@H]1c1ccc(C)cc1)C(=O)C1CCCC1. The van der Waals surface area contributed by atoms with Crippen molar-refractivity contribution < 1.29 is 9.59 Å². The Kier molecular flexibility index (Phi) is 6.38. The highest BCUT2D eigenvalue weighted by molar-refractivity contribution is 7.10. The Balaban J connectivity index is 1.58. The lowest BCUT2D eigenvalue weighted by atomic mass is 9.92. The van der Waals surface area contributed by atoms with E-state index in [4.69, 9.17) is 0 Å². The van der Waals surface area contributed by atoms with Crippen molar-refractivity contribution in [3.05, 3.63) is 69.9 Å². The van der Waals surface area contributed by atoms with Gasteiger partial charge < -0.3 is 9.80 Å². The fraction of sp³-hybridized carbons (Fsp3) is 0.440. The van der Waals surface area contributed by atoms with E-state index in [1.165, 1.54) is 16.0 Å². The van der Waals surface area contributed by atoms with Crippen LogP contribution in [0.25, 0.3) is 0 Å². The van der Waals surface area contributed by atoms with Crippen LogP contribution in [0, 0.1) is 12.8 Å². The molecule has 0 saturated heterocycles. The van der Waals surface area contributed by atoms with Gasteiger partial charge in [-0.3, -0.25) is 9.59 Å². The molecule has 30 heavy (non-hydrogen) atoms. The minimum Gasteiger partial charge on any atom is -0.330 e. The lowest BCUT2D eigenvalue weighted by Gasteiger charge is -2.38. The molecular weight excluding hydrogens is 392 g/mol. The molecule has 5 heteroatoms. The highest BCUT2D eigenvalue weighted by atomic mass is 32.1. The van der Waals surface area contributed by atoms with E-state index in [0.29, 0.717) is 13.1 Å². The summed E-state index contributed by atoms with van der Waals surface area (Å²) in [5, 5.41) is 2.12. The third-order valence-corrected chi connectivity index (χ3v) is 7.37. The summed E-state index contributed by atoms with van der Waals surface area (Å²) in [6, 6.07) is 10.5. The molecule has 1 aliphatic heterocycles. The lowest BCUT2D eigenvalue weighted by Crippen LogP contribution is -2.47. The normalized spacial score (nSPS) is 18.8. The van der Waals surface area contributed by atoms with Gasteiger partial charge >= 0.3 is 0 Å². The number of thiophene rings is 1. The minimum absolute atomic E-state index is 0.0191. The standard InChI is InChI=1S/C25H30N2O2S/c1-3-14-26(25(29)20-6-4-5-7-20)17-23(28)27-15-12-22-21(13-16-30-22)24(27)19-10-8-18(2)9-11-19/h3,8-11,13,16,20,24H,1,4-7,12,14-15,17H2,2H3/t24-/m1/s1. The van der Waals surface area contributed by atoms with E-state index >= 15 is 0 Å². The first-order valence-electron chi connectivity index (χ1n) is 10.9. The zero-order valence-corrected chi connectivity index (χ0v) is 18.5. The summed E-state index contributed by atoms with van der Waals surface area (Å²) >= 11 is 1.77. The largest absolute Gasteiger partial charge is 0.330 e. The molecule has 4 nitrogen and oxygen atoms in total. The average molecular weight is 423 g/mol. The summed E-state index contributed by atoms with van der Waals surface area (Å²) in [6.07, 6.45) is 6.69. The van der Waals surface area contributed by atoms with Gasteiger partial charge in [-0.15, -0.1) is 17.9 Å². The number of carbonyl (C=O) groups is 2. The van der Waals surface area contributed by atoms with Gasteiger partial charge in [0.05, 0.1) is 6.04 Å². The molecule has 1 aliphatic carbocycles. The van der Waals surface area contributed by atoms with Crippen LogP contribution in [-0.4, -0.2) is 41.2 Å². The highest BCUT2D eigenvalue weighted by Crippen LogP contribution is 2.38. The van der Waals surface area contributed by atoms with Crippen molar-refractivity contribution in [1.29, 1.82) is 0 Å². The molecule has 0 N–H and O–H groups in total. The van der Waals surface area contributed by atoms with Crippen molar-refractivity contribution in [3.8, 4) is 0 Å². The predicted molar refractivity (Wildman–Crippen MR) is 121 cm³/mol. The Bertz CT molecular complexity index is 911. The molecule has 1 atom stereocenters. The number of amides is 2. The van der Waals surface area contributed by atoms with Crippen molar-refractivity contribution >= 4 is 23.2 Å². The van der Waals surface area contributed by atoms with Gasteiger partial charge in [0, 0.05) is 23.9 Å². The first-order valence-corrected chi connectivity index (χ1v) is 11.8. The molecule has 1 aromatic heterocycles. The van der Waals surface area contributed by atoms with E-state index in [1.807, 2.05) is 4.90 Å². The molecule has 4 rings (SSSR count). The second-order valence-electron chi connectivity index (χ2n) is 8.44. The van der Waals surface area contributed by atoms with Gasteiger partial charge in [-0.1, -0.05) is 48.7 Å². The van der Waals surface area contributed by atoms with E-state index in [-0.39, 0.29) is 30.3 Å². The summed E-state index contributed by atoms with van der Waals surface area (Å²) in [5.41, 5.74) is 3.56. The molecule has 1 saturated carbocycles. The third kappa shape index (κ3) is 4.22. The number of benzene rings is 1. The van der Waals surface area contributed by atoms with Gasteiger partial charge in [-0.2, -0.15) is 0 Å². The second-order valence-corrected chi connectivity index (χ2v) is 9.44. The number of hydrogen-bond acceptors (Lipinski definition) is 3. The van der Waals surface area contributed by atoms with Crippen molar-refractivity contribution in [2.45, 2.75) is 45.1 Å². The molecule has 2 amide bonds. The molecular formula is C25H30N2O2S. The van der Waals surface area contributed by atoms with Gasteiger partial charge in [0.2, 0.25) is 11.8 Å². The summed E-state index contributed by atoms with van der Waals surface area (Å²) in [7, 11) is 0. The quantitative estimate of drug-likeness (QED) is 0.631. The fourth-order valence-corrected chi connectivity index (χ4v) is 5.67. The summed E-state index contributed by atoms with van der Waals surface area (Å²) in [5.74, 6) is 0.196. The van der Waals surface area contributed by atoms with Crippen LogP contribution >= 0.6 is 11.3 Å². The molecule has 1 fully saturated rings. The Hall–Kier alpha value is -2.40. The molecule has 0 bridgehead atoms. The van der Waals surface area contributed by atoms with Crippen LogP contribution in [0.3, 0.4) is 0 Å². The summed E-state index contributed by atoms with van der Waals surface area (Å²) < 4.78 is 0. The van der Waals surface area contributed by atoms with Gasteiger partial charge in [0.25, 0.3) is 0 Å². The fourth-order valence-electron chi connectivity index (χ4n) is 4.77. The number of hydrogen-bond donors (Lipinski definition) is 0. The smallest absolute Gasteiger partial charge is 0.243 e. The maximum Gasteiger partial charge on any atom is 0.243 e. The van der Waals surface area contributed by atoms with Crippen molar-refractivity contribution in [3.63, 3.8) is 0 Å². The van der Waals surface area contributed by atoms with E-state index < -0.39 is 0 Å². The summed E-state index contributed by atoms with van der Waals surface area (Å²) in [6.45, 7) is 7.12. The molecule has 2 aromatic rings. The van der Waals surface area contributed by atoms with E-state index in [9.17, 15) is 9.59 Å². The van der Waals surface area contributed by atoms with Crippen LogP contribution in [0.2, 0.25) is 0 Å². The number of nitrogens with zero attached hydrogens (tertiary/aromatic N) is 2. The van der Waals surface area contributed by atoms with Crippen LogP contribution < -0.4 is 0 Å². The summed E-state index contributed by atoms with van der Waals surface area (Å²) in [4.78, 5) is 31.5. The maximum atomic E-state index is 13.5. The second kappa shape index (κ2) is 9.17. The zero-order valence-electron chi connectivity index (χ0n) is 17.7. The number of carbonyl (C=O) groups excluding carboxylic acids is 2. The third-order valence-electron chi connectivity index (χ3n) is 6.37. The first kappa shape index (κ1) is 20.9. The Morgan fingerprint density at radius 3 is 2.63 bits per heavy atom. The molecule has 158 valence electrons. The van der Waals surface area contributed by atoms with Crippen molar-refractivity contribution in [1.82, 2.24) is 9.80 Å². The maximum absolute atomic E-state index is 13.5. The monoisotopic (exact) mass is 422 g/mol. The Morgan fingerprint density at radius 2 is 1.93 bits per heavy atom. The molecule has 0 unspecified atom stereocenters. The molecule has 2 aliphatic rings. The number of fused-ring (bicyclic) bond motifs is 1. The van der Waals surface area contributed by atoms with Crippen molar-refractivity contribution in [2.24, 2.45) is 5.92 Å². The average Bonchev–Trinajstić information content (AvgIpc) is 3.44. The van der Waals surface area contributed by atoms with Crippen LogP contribution in [0.1, 0.15) is 53.3 Å². The molecule has 1 aromatic carbocycles. The number of rotatable bonds is 6. The highest BCUT2D eigenvalue weighted by Gasteiger charge is 2.35. The van der Waals surface area contributed by atoms with E-state index in [0.717, 1.165) is 37.7 Å². The molecule has 0 spiro atoms. The van der Waals surface area contributed by atoms with E-state index in [1.54, 1.807) is 22.3 Å². The van der Waals surface area contributed by atoms with Crippen LogP contribution in [0.15, 0.2) is 48.4 Å². The van der Waals surface area contributed by atoms with Crippen LogP contribution in [-0.2, 0) is 16.0 Å². The molecule has 0 radical (unpaired) electrons. The van der Waals surface area contributed by atoms with Gasteiger partial charge in [-0.05, 0) is 48.8 Å². The van der Waals surface area contributed by atoms with Crippen LogP contribution in [0.4, 0.5) is 0 Å². The van der Waals surface area contributed by atoms with Crippen molar-refractivity contribution in [2.75, 3.05) is 19.6 Å². The van der Waals surface area contributed by atoms with Crippen LogP contribution in [0.5, 0.6) is 0 Å². The van der Waals surface area contributed by atoms with Gasteiger partial charge in [-0.25, -0.2) is 0 Å². The zero-order chi connectivity index (χ0) is 21.1. The Labute approximate surface area is 183 Å². The minimum atomic E-state index is -0.0831. The Morgan fingerprint density at radius 1 is 1.20 bits per heavy atom. The van der Waals surface area contributed by atoms with E-state index in [2.05, 4.69) is 49.2 Å². The van der Waals surface area contributed by atoms with Gasteiger partial charge in [0.1, 0.15) is 6.54 Å². The number of aryl methyl sites for hydroxylation is 1. The predicted octanol–water partition coefficient (Wildman–Crippen LogP) is 4.74.